The molecule has 6 heteroatoms. The number of nitrogens with zero attached hydrogens (tertiary/aromatic N) is 1. The van der Waals surface area contributed by atoms with Gasteiger partial charge in [-0.15, -0.1) is 11.8 Å². The highest BCUT2D eigenvalue weighted by atomic mass is 32.2. The van der Waals surface area contributed by atoms with Gasteiger partial charge in [-0.05, 0) is 36.0 Å². The summed E-state index contributed by atoms with van der Waals surface area (Å²) in [5.41, 5.74) is 0.520. The Hall–Kier alpha value is -0.750. The summed E-state index contributed by atoms with van der Waals surface area (Å²) < 4.78 is 5.25. The van der Waals surface area contributed by atoms with E-state index in [9.17, 15) is 9.59 Å². The first-order chi connectivity index (χ1) is 11.3. The fourth-order valence-electron chi connectivity index (χ4n) is 4.79. The Kier molecular flexibility index (Phi) is 5.17. The zero-order valence-corrected chi connectivity index (χ0v) is 15.9. The van der Waals surface area contributed by atoms with Crippen LogP contribution in [-0.4, -0.2) is 60.6 Å². The lowest BCUT2D eigenvalue weighted by atomic mass is 9.69. The molecule has 3 unspecified atom stereocenters. The molecule has 3 rings (SSSR count). The molecule has 5 nitrogen and oxygen atoms in total. The molecule has 3 atom stereocenters. The van der Waals surface area contributed by atoms with Gasteiger partial charge < -0.3 is 15.0 Å². The first-order valence-electron chi connectivity index (χ1n) is 9.07. The van der Waals surface area contributed by atoms with E-state index in [2.05, 4.69) is 26.1 Å². The van der Waals surface area contributed by atoms with Crippen molar-refractivity contribution in [2.75, 3.05) is 37.8 Å². The van der Waals surface area contributed by atoms with Gasteiger partial charge in [0.05, 0.1) is 24.7 Å². The maximum atomic E-state index is 12.3. The smallest absolute Gasteiger partial charge is 0.232 e. The summed E-state index contributed by atoms with van der Waals surface area (Å²) in [5, 5.41) is 3.26. The van der Waals surface area contributed by atoms with E-state index < -0.39 is 0 Å². The van der Waals surface area contributed by atoms with Crippen molar-refractivity contribution >= 4 is 23.6 Å². The highest BCUT2D eigenvalue weighted by Gasteiger charge is 2.61. The molecule has 0 aromatic carbocycles. The Labute approximate surface area is 149 Å². The number of hydrogen-bond acceptors (Lipinski definition) is 4. The van der Waals surface area contributed by atoms with E-state index in [0.717, 1.165) is 12.3 Å². The Morgan fingerprint density at radius 2 is 1.92 bits per heavy atom. The number of hydrogen-bond donors (Lipinski definition) is 1. The molecular formula is C18H30N2O3S. The van der Waals surface area contributed by atoms with Gasteiger partial charge in [-0.25, -0.2) is 0 Å². The van der Waals surface area contributed by atoms with Crippen LogP contribution in [0.1, 0.15) is 40.0 Å². The summed E-state index contributed by atoms with van der Waals surface area (Å²) in [6.07, 6.45) is 3.60. The minimum Gasteiger partial charge on any atom is -0.378 e. The molecule has 1 heterocycles. The topological polar surface area (TPSA) is 58.6 Å². The first kappa shape index (κ1) is 18.1. The zero-order chi connectivity index (χ0) is 17.4. The molecule has 0 aromatic rings. The molecule has 24 heavy (non-hydrogen) atoms. The summed E-state index contributed by atoms with van der Waals surface area (Å²) in [6.45, 7) is 9.62. The molecule has 136 valence electrons. The molecule has 1 N–H and O–H groups in total. The second kappa shape index (κ2) is 6.87. The number of fused-ring (bicyclic) bond motifs is 2. The Morgan fingerprint density at radius 1 is 1.21 bits per heavy atom. The van der Waals surface area contributed by atoms with Crippen molar-refractivity contribution in [2.45, 2.75) is 46.1 Å². The lowest BCUT2D eigenvalue weighted by Crippen LogP contribution is -2.47. The molecule has 1 aliphatic heterocycles. The third-order valence-corrected chi connectivity index (χ3v) is 7.87. The summed E-state index contributed by atoms with van der Waals surface area (Å²) in [7, 11) is 0. The molecule has 2 amide bonds. The van der Waals surface area contributed by atoms with Gasteiger partial charge in [0.2, 0.25) is 11.8 Å². The molecular weight excluding hydrogens is 324 g/mol. The van der Waals surface area contributed by atoms with E-state index in [1.165, 1.54) is 24.6 Å². The summed E-state index contributed by atoms with van der Waals surface area (Å²) >= 11 is 1.42. The maximum absolute atomic E-state index is 12.3. The van der Waals surface area contributed by atoms with E-state index in [1.807, 2.05) is 4.90 Å². The van der Waals surface area contributed by atoms with Crippen molar-refractivity contribution in [3.8, 4) is 0 Å². The lowest BCUT2D eigenvalue weighted by molar-refractivity contribution is -0.132. The van der Waals surface area contributed by atoms with E-state index in [4.69, 9.17) is 4.74 Å². The molecule has 2 aliphatic carbocycles. The average Bonchev–Trinajstić information content (AvgIpc) is 2.89. The number of ether oxygens (including phenoxy) is 1. The van der Waals surface area contributed by atoms with Crippen LogP contribution in [0.3, 0.4) is 0 Å². The molecule has 0 radical (unpaired) electrons. The zero-order valence-electron chi connectivity index (χ0n) is 15.1. The molecule has 3 fully saturated rings. The van der Waals surface area contributed by atoms with Crippen molar-refractivity contribution in [3.63, 3.8) is 0 Å². The maximum Gasteiger partial charge on any atom is 0.232 e. The number of carbonyl (C=O) groups is 2. The molecule has 3 aliphatic rings. The number of thioether (sulfide) groups is 1. The Balaban J connectivity index is 1.41. The number of carbonyl (C=O) groups excluding carboxylic acids is 2. The second-order valence-corrected chi connectivity index (χ2v) is 9.20. The van der Waals surface area contributed by atoms with Crippen molar-refractivity contribution in [2.24, 2.45) is 16.7 Å². The highest BCUT2D eigenvalue weighted by molar-refractivity contribution is 8.00. The number of nitrogens with one attached hydrogen (secondary N) is 1. The second-order valence-electron chi connectivity index (χ2n) is 8.22. The van der Waals surface area contributed by atoms with Crippen LogP contribution in [0.4, 0.5) is 0 Å². The number of amides is 2. The quantitative estimate of drug-likeness (QED) is 0.819. The minimum atomic E-state index is 0.0735. The van der Waals surface area contributed by atoms with E-state index in [-0.39, 0.29) is 23.3 Å². The van der Waals surface area contributed by atoms with Gasteiger partial charge in [0.1, 0.15) is 0 Å². The number of morpholine rings is 1. The van der Waals surface area contributed by atoms with Gasteiger partial charge in [-0.3, -0.25) is 9.59 Å². The van der Waals surface area contributed by atoms with Gasteiger partial charge in [0.15, 0.2) is 0 Å². The fourth-order valence-corrected chi connectivity index (χ4v) is 5.52. The lowest BCUT2D eigenvalue weighted by Gasteiger charge is -2.39. The third kappa shape index (κ3) is 3.19. The molecule has 1 saturated heterocycles. The van der Waals surface area contributed by atoms with Gasteiger partial charge in [-0.2, -0.15) is 0 Å². The van der Waals surface area contributed by atoms with Crippen molar-refractivity contribution in [1.82, 2.24) is 10.2 Å². The van der Waals surface area contributed by atoms with Gasteiger partial charge in [0.25, 0.3) is 0 Å². The highest BCUT2D eigenvalue weighted by Crippen LogP contribution is 2.65. The number of rotatable bonds is 5. The van der Waals surface area contributed by atoms with E-state index in [1.54, 1.807) is 0 Å². The first-order valence-corrected chi connectivity index (χ1v) is 10.2. The monoisotopic (exact) mass is 354 g/mol. The van der Waals surface area contributed by atoms with Crippen molar-refractivity contribution in [1.29, 1.82) is 0 Å². The predicted molar refractivity (Wildman–Crippen MR) is 95.9 cm³/mol. The van der Waals surface area contributed by atoms with Gasteiger partial charge in [0, 0.05) is 19.1 Å². The predicted octanol–water partition coefficient (Wildman–Crippen LogP) is 1.91. The minimum absolute atomic E-state index is 0.0735. The van der Waals surface area contributed by atoms with Crippen LogP contribution in [0.5, 0.6) is 0 Å². The SMILES string of the molecule is CC1(C)C2CCC1(C)C(NC(=O)CSCC(=O)N1CCOCC1)C2. The van der Waals surface area contributed by atoms with Gasteiger partial charge in [-0.1, -0.05) is 20.8 Å². The van der Waals surface area contributed by atoms with Crippen LogP contribution in [-0.2, 0) is 14.3 Å². The normalized spacial score (nSPS) is 34.4. The largest absolute Gasteiger partial charge is 0.378 e. The summed E-state index contributed by atoms with van der Waals surface area (Å²) in [4.78, 5) is 26.2. The molecule has 0 spiro atoms. The van der Waals surface area contributed by atoms with Crippen LogP contribution >= 0.6 is 11.8 Å². The van der Waals surface area contributed by atoms with Crippen molar-refractivity contribution in [3.05, 3.63) is 0 Å². The Morgan fingerprint density at radius 3 is 2.50 bits per heavy atom. The van der Waals surface area contributed by atoms with Crippen LogP contribution in [0.25, 0.3) is 0 Å². The van der Waals surface area contributed by atoms with Crippen LogP contribution in [0.2, 0.25) is 0 Å². The summed E-state index contributed by atoms with van der Waals surface area (Å²) in [5.74, 6) is 1.66. The third-order valence-electron chi connectivity index (χ3n) is 6.95. The van der Waals surface area contributed by atoms with Gasteiger partial charge >= 0.3 is 0 Å². The van der Waals surface area contributed by atoms with Crippen molar-refractivity contribution < 1.29 is 14.3 Å². The van der Waals surface area contributed by atoms with Crippen LogP contribution < -0.4 is 5.32 Å². The fraction of sp³-hybridized carbons (Fsp3) is 0.889. The Bertz CT molecular complexity index is 504. The van der Waals surface area contributed by atoms with Crippen LogP contribution in [0, 0.1) is 16.7 Å². The summed E-state index contributed by atoms with van der Waals surface area (Å²) in [6, 6.07) is 0.286. The molecule has 2 saturated carbocycles. The standard InChI is InChI=1S/C18H30N2O3S/c1-17(2)13-4-5-18(17,3)14(10-13)19-15(21)11-24-12-16(22)20-6-8-23-9-7-20/h13-14H,4-12H2,1-3H3,(H,19,21). The average molecular weight is 355 g/mol. The molecule has 2 bridgehead atoms. The van der Waals surface area contributed by atoms with E-state index >= 15 is 0 Å². The van der Waals surface area contributed by atoms with Crippen LogP contribution in [0.15, 0.2) is 0 Å². The molecule has 0 aromatic heterocycles. The van der Waals surface area contributed by atoms with E-state index in [0.29, 0.717) is 43.2 Å².